The minimum Gasteiger partial charge on any atom is -0.392 e. The summed E-state index contributed by atoms with van der Waals surface area (Å²) in [5.74, 6) is -1.68. The minimum atomic E-state index is -0.842. The Bertz CT molecular complexity index is 674. The number of hydrogen-bond donors (Lipinski definition) is 1. The van der Waals surface area contributed by atoms with E-state index < -0.39 is 17.7 Å². The summed E-state index contributed by atoms with van der Waals surface area (Å²) in [4.78, 5) is 2.13. The summed E-state index contributed by atoms with van der Waals surface area (Å²) in [5, 5.41) is 14.2. The molecule has 1 aliphatic rings. The Kier molecular flexibility index (Phi) is 4.73. The van der Waals surface area contributed by atoms with Gasteiger partial charge in [-0.15, -0.1) is 0 Å². The van der Waals surface area contributed by atoms with E-state index in [1.807, 2.05) is 24.0 Å². The molecule has 1 aromatic heterocycles. The average Bonchev–Trinajstić information content (AvgIpc) is 3.14. The SMILES string of the molecule is CCn1cc(CCN2CC(O)CC2c2ccc(F)c(F)c2)cn1. The molecule has 0 spiro atoms. The first-order valence-electron chi connectivity index (χ1n) is 7.95. The van der Waals surface area contributed by atoms with Gasteiger partial charge in [-0.3, -0.25) is 9.58 Å². The maximum Gasteiger partial charge on any atom is 0.159 e. The van der Waals surface area contributed by atoms with Crippen LogP contribution in [0.4, 0.5) is 8.78 Å². The van der Waals surface area contributed by atoms with Crippen molar-refractivity contribution in [2.75, 3.05) is 13.1 Å². The fourth-order valence-electron chi connectivity index (χ4n) is 3.17. The minimum absolute atomic E-state index is 0.0821. The number of likely N-dealkylation sites (tertiary alicyclic amines) is 1. The molecule has 0 aliphatic carbocycles. The third-order valence-corrected chi connectivity index (χ3v) is 4.41. The lowest BCUT2D eigenvalue weighted by molar-refractivity contribution is 0.175. The summed E-state index contributed by atoms with van der Waals surface area (Å²) in [6.07, 6.45) is 4.78. The van der Waals surface area contributed by atoms with Crippen molar-refractivity contribution in [3.8, 4) is 0 Å². The summed E-state index contributed by atoms with van der Waals surface area (Å²) in [5.41, 5.74) is 1.85. The van der Waals surface area contributed by atoms with Crippen molar-refractivity contribution >= 4 is 0 Å². The monoisotopic (exact) mass is 321 g/mol. The highest BCUT2D eigenvalue weighted by Crippen LogP contribution is 2.32. The van der Waals surface area contributed by atoms with Gasteiger partial charge in [-0.2, -0.15) is 5.10 Å². The molecule has 124 valence electrons. The Labute approximate surface area is 134 Å². The summed E-state index contributed by atoms with van der Waals surface area (Å²) in [7, 11) is 0. The number of halogens is 2. The van der Waals surface area contributed by atoms with Gasteiger partial charge in [0.05, 0.1) is 12.3 Å². The molecule has 0 amide bonds. The van der Waals surface area contributed by atoms with Gasteiger partial charge in [0.15, 0.2) is 11.6 Å². The van der Waals surface area contributed by atoms with Crippen molar-refractivity contribution in [3.05, 3.63) is 53.4 Å². The Morgan fingerprint density at radius 2 is 2.13 bits per heavy atom. The lowest BCUT2D eigenvalue weighted by Gasteiger charge is -2.24. The Balaban J connectivity index is 1.70. The molecule has 1 fully saturated rings. The second-order valence-electron chi connectivity index (χ2n) is 6.03. The topological polar surface area (TPSA) is 41.3 Å². The van der Waals surface area contributed by atoms with E-state index in [-0.39, 0.29) is 6.04 Å². The number of aryl methyl sites for hydroxylation is 1. The highest BCUT2D eigenvalue weighted by Gasteiger charge is 2.32. The first-order valence-corrected chi connectivity index (χ1v) is 7.95. The zero-order valence-electron chi connectivity index (χ0n) is 13.1. The number of β-amino-alcohol motifs (C(OH)–C–C–N with tert-alkyl or cyclic N) is 1. The molecule has 0 radical (unpaired) electrons. The van der Waals surface area contributed by atoms with Crippen LogP contribution >= 0.6 is 0 Å². The molecule has 2 atom stereocenters. The predicted octanol–water partition coefficient (Wildman–Crippen LogP) is 2.53. The van der Waals surface area contributed by atoms with Gasteiger partial charge in [-0.05, 0) is 43.0 Å². The third kappa shape index (κ3) is 3.59. The van der Waals surface area contributed by atoms with Gasteiger partial charge >= 0.3 is 0 Å². The van der Waals surface area contributed by atoms with E-state index in [0.29, 0.717) is 18.5 Å². The molecule has 1 aliphatic heterocycles. The number of rotatable bonds is 5. The largest absolute Gasteiger partial charge is 0.392 e. The summed E-state index contributed by atoms with van der Waals surface area (Å²) < 4.78 is 28.5. The molecular formula is C17H21F2N3O. The average molecular weight is 321 g/mol. The molecule has 2 aromatic rings. The van der Waals surface area contributed by atoms with Crippen LogP contribution in [0.3, 0.4) is 0 Å². The fraction of sp³-hybridized carbons (Fsp3) is 0.471. The molecule has 23 heavy (non-hydrogen) atoms. The van der Waals surface area contributed by atoms with Crippen LogP contribution in [0.25, 0.3) is 0 Å². The number of benzene rings is 1. The molecule has 0 bridgehead atoms. The molecule has 1 aromatic carbocycles. The van der Waals surface area contributed by atoms with Gasteiger partial charge in [-0.1, -0.05) is 6.07 Å². The fourth-order valence-corrected chi connectivity index (χ4v) is 3.17. The maximum atomic E-state index is 13.5. The molecule has 4 nitrogen and oxygen atoms in total. The highest BCUT2D eigenvalue weighted by atomic mass is 19.2. The highest BCUT2D eigenvalue weighted by molar-refractivity contribution is 5.23. The second-order valence-corrected chi connectivity index (χ2v) is 6.03. The van der Waals surface area contributed by atoms with E-state index in [1.54, 1.807) is 6.07 Å². The Morgan fingerprint density at radius 1 is 1.30 bits per heavy atom. The number of nitrogens with zero attached hydrogens (tertiary/aromatic N) is 3. The molecular weight excluding hydrogens is 300 g/mol. The van der Waals surface area contributed by atoms with Crippen LogP contribution in [0.5, 0.6) is 0 Å². The molecule has 2 unspecified atom stereocenters. The lowest BCUT2D eigenvalue weighted by Crippen LogP contribution is -2.27. The number of aliphatic hydroxyl groups is 1. The van der Waals surface area contributed by atoms with E-state index in [0.717, 1.165) is 31.1 Å². The van der Waals surface area contributed by atoms with Crippen molar-refractivity contribution < 1.29 is 13.9 Å². The summed E-state index contributed by atoms with van der Waals surface area (Å²) >= 11 is 0. The first kappa shape index (κ1) is 16.1. The molecule has 1 N–H and O–H groups in total. The predicted molar refractivity (Wildman–Crippen MR) is 82.9 cm³/mol. The van der Waals surface area contributed by atoms with Crippen LogP contribution in [0.15, 0.2) is 30.6 Å². The third-order valence-electron chi connectivity index (χ3n) is 4.41. The van der Waals surface area contributed by atoms with Gasteiger partial charge in [0, 0.05) is 31.9 Å². The van der Waals surface area contributed by atoms with E-state index in [4.69, 9.17) is 0 Å². The zero-order chi connectivity index (χ0) is 16.4. The molecule has 3 rings (SSSR count). The molecule has 1 saturated heterocycles. The van der Waals surface area contributed by atoms with E-state index in [9.17, 15) is 13.9 Å². The van der Waals surface area contributed by atoms with Crippen LogP contribution < -0.4 is 0 Å². The van der Waals surface area contributed by atoms with Crippen molar-refractivity contribution in [2.24, 2.45) is 0 Å². The van der Waals surface area contributed by atoms with Gasteiger partial charge in [-0.25, -0.2) is 8.78 Å². The number of hydrogen-bond acceptors (Lipinski definition) is 3. The van der Waals surface area contributed by atoms with Crippen LogP contribution in [-0.4, -0.2) is 39.0 Å². The van der Waals surface area contributed by atoms with E-state index in [1.165, 1.54) is 6.07 Å². The van der Waals surface area contributed by atoms with Gasteiger partial charge in [0.1, 0.15) is 0 Å². The van der Waals surface area contributed by atoms with Gasteiger partial charge in [0.25, 0.3) is 0 Å². The summed E-state index contributed by atoms with van der Waals surface area (Å²) in [6.45, 7) is 4.16. The van der Waals surface area contributed by atoms with Gasteiger partial charge < -0.3 is 5.11 Å². The van der Waals surface area contributed by atoms with Crippen LogP contribution in [-0.2, 0) is 13.0 Å². The maximum absolute atomic E-state index is 13.5. The molecule has 2 heterocycles. The number of aromatic nitrogens is 2. The first-order chi connectivity index (χ1) is 11.1. The van der Waals surface area contributed by atoms with Crippen molar-refractivity contribution in [2.45, 2.75) is 38.5 Å². The van der Waals surface area contributed by atoms with Crippen molar-refractivity contribution in [1.29, 1.82) is 0 Å². The van der Waals surface area contributed by atoms with Crippen LogP contribution in [0.1, 0.15) is 30.5 Å². The number of aliphatic hydroxyl groups excluding tert-OH is 1. The smallest absolute Gasteiger partial charge is 0.159 e. The van der Waals surface area contributed by atoms with E-state index >= 15 is 0 Å². The quantitative estimate of drug-likeness (QED) is 0.920. The molecule has 6 heteroatoms. The normalized spacial score (nSPS) is 21.9. The Hall–Kier alpha value is -1.79. The van der Waals surface area contributed by atoms with Gasteiger partial charge in [0.2, 0.25) is 0 Å². The second kappa shape index (κ2) is 6.76. The van der Waals surface area contributed by atoms with Crippen molar-refractivity contribution in [1.82, 2.24) is 14.7 Å². The van der Waals surface area contributed by atoms with Crippen molar-refractivity contribution in [3.63, 3.8) is 0 Å². The lowest BCUT2D eigenvalue weighted by atomic mass is 10.0. The van der Waals surface area contributed by atoms with E-state index in [2.05, 4.69) is 10.00 Å². The van der Waals surface area contributed by atoms with Crippen LogP contribution in [0, 0.1) is 11.6 Å². The molecule has 0 saturated carbocycles. The zero-order valence-corrected chi connectivity index (χ0v) is 13.1. The summed E-state index contributed by atoms with van der Waals surface area (Å²) in [6, 6.07) is 3.91. The Morgan fingerprint density at radius 3 is 2.83 bits per heavy atom. The van der Waals surface area contributed by atoms with Crippen LogP contribution in [0.2, 0.25) is 0 Å². The standard InChI is InChI=1S/C17H21F2N3O/c1-2-22-10-12(9-20-22)5-6-21-11-14(23)8-17(21)13-3-4-15(18)16(19)7-13/h3-4,7,9-10,14,17,23H,2,5-6,8,11H2,1H3.